The van der Waals surface area contributed by atoms with Crippen LogP contribution >= 0.6 is 0 Å². The summed E-state index contributed by atoms with van der Waals surface area (Å²) in [5.74, 6) is 0. The van der Waals surface area contributed by atoms with Crippen LogP contribution in [0, 0.1) is 13.8 Å². The van der Waals surface area contributed by atoms with Crippen LogP contribution in [0.2, 0.25) is 0 Å². The Morgan fingerprint density at radius 3 is 1.65 bits per heavy atom. The second-order valence-electron chi connectivity index (χ2n) is 6.44. The first kappa shape index (κ1) is 17.9. The molecule has 0 radical (unpaired) electrons. The van der Waals surface area contributed by atoms with E-state index in [-0.39, 0.29) is 0 Å². The molecule has 4 aromatic carbocycles. The Kier molecular flexibility index (Phi) is 5.53. The van der Waals surface area contributed by atoms with Gasteiger partial charge in [0.15, 0.2) is 0 Å². The summed E-state index contributed by atoms with van der Waals surface area (Å²) < 4.78 is 0. The van der Waals surface area contributed by atoms with Crippen molar-refractivity contribution in [3.8, 4) is 22.3 Å². The minimum atomic E-state index is 1.27. The molecule has 26 heavy (non-hydrogen) atoms. The Morgan fingerprint density at radius 1 is 0.500 bits per heavy atom. The summed E-state index contributed by atoms with van der Waals surface area (Å²) in [5, 5.41) is 2.59. The molecule has 0 heterocycles. The number of hydrogen-bond donors (Lipinski definition) is 0. The zero-order valence-corrected chi connectivity index (χ0v) is 16.1. The zero-order valence-electron chi connectivity index (χ0n) is 16.1. The van der Waals surface area contributed by atoms with Gasteiger partial charge < -0.3 is 0 Å². The molecule has 0 saturated carbocycles. The van der Waals surface area contributed by atoms with E-state index in [4.69, 9.17) is 0 Å². The number of hydrogen-bond acceptors (Lipinski definition) is 0. The van der Waals surface area contributed by atoms with E-state index < -0.39 is 0 Å². The molecule has 0 bridgehead atoms. The van der Waals surface area contributed by atoms with E-state index in [1.54, 1.807) is 0 Å². The second kappa shape index (κ2) is 8.01. The van der Waals surface area contributed by atoms with Gasteiger partial charge in [0, 0.05) is 0 Å². The summed E-state index contributed by atoms with van der Waals surface area (Å²) in [6.45, 7) is 8.26. The van der Waals surface area contributed by atoms with Gasteiger partial charge in [-0.15, -0.1) is 0 Å². The van der Waals surface area contributed by atoms with Gasteiger partial charge in [-0.05, 0) is 46.9 Å². The highest BCUT2D eigenvalue weighted by atomic mass is 14.1. The van der Waals surface area contributed by atoms with Crippen LogP contribution in [0.15, 0.2) is 84.9 Å². The molecule has 0 saturated heterocycles. The quantitative estimate of drug-likeness (QED) is 0.349. The summed E-state index contributed by atoms with van der Waals surface area (Å²) >= 11 is 0. The zero-order chi connectivity index (χ0) is 18.5. The van der Waals surface area contributed by atoms with E-state index in [2.05, 4.69) is 98.8 Å². The molecular weight excluding hydrogens is 312 g/mol. The molecule has 0 aliphatic rings. The third kappa shape index (κ3) is 3.55. The van der Waals surface area contributed by atoms with Gasteiger partial charge in [-0.2, -0.15) is 0 Å². The topological polar surface area (TPSA) is 0 Å². The third-order valence-corrected chi connectivity index (χ3v) is 4.63. The molecule has 0 aliphatic heterocycles. The van der Waals surface area contributed by atoms with Crippen LogP contribution in [0.5, 0.6) is 0 Å². The smallest absolute Gasteiger partial charge is 0.00268 e. The monoisotopic (exact) mass is 338 g/mol. The molecule has 0 heteroatoms. The van der Waals surface area contributed by atoms with E-state index in [9.17, 15) is 0 Å². The maximum atomic E-state index is 2.25. The van der Waals surface area contributed by atoms with Crippen LogP contribution in [0.1, 0.15) is 25.0 Å². The summed E-state index contributed by atoms with van der Waals surface area (Å²) in [7, 11) is 0. The summed E-state index contributed by atoms with van der Waals surface area (Å²) in [6.07, 6.45) is 0. The van der Waals surface area contributed by atoms with Gasteiger partial charge in [-0.3, -0.25) is 0 Å². The van der Waals surface area contributed by atoms with Crippen molar-refractivity contribution in [2.45, 2.75) is 27.7 Å². The Labute approximate surface area is 157 Å². The molecule has 0 atom stereocenters. The highest BCUT2D eigenvalue weighted by Gasteiger charge is 2.11. The van der Waals surface area contributed by atoms with E-state index >= 15 is 0 Å². The van der Waals surface area contributed by atoms with Gasteiger partial charge in [-0.1, -0.05) is 110 Å². The molecule has 0 amide bonds. The SMILES string of the molecule is CC.Cc1ccc(-c2ccc3ccccc3c2-c2ccc(C)cc2)cc1. The minimum absolute atomic E-state index is 1.27. The first-order valence-electron chi connectivity index (χ1n) is 9.38. The Balaban J connectivity index is 0.000000948. The van der Waals surface area contributed by atoms with Crippen molar-refractivity contribution < 1.29 is 0 Å². The van der Waals surface area contributed by atoms with Crippen molar-refractivity contribution in [1.29, 1.82) is 0 Å². The lowest BCUT2D eigenvalue weighted by Crippen LogP contribution is -1.88. The van der Waals surface area contributed by atoms with Gasteiger partial charge in [0.1, 0.15) is 0 Å². The fraction of sp³-hybridized carbons (Fsp3) is 0.154. The fourth-order valence-electron chi connectivity index (χ4n) is 3.28. The molecule has 130 valence electrons. The molecule has 0 nitrogen and oxygen atoms in total. The van der Waals surface area contributed by atoms with Crippen LogP contribution in [0.4, 0.5) is 0 Å². The van der Waals surface area contributed by atoms with Crippen molar-refractivity contribution in [1.82, 2.24) is 0 Å². The first-order chi connectivity index (χ1) is 12.7. The highest BCUT2D eigenvalue weighted by molar-refractivity contribution is 6.04. The molecule has 4 rings (SSSR count). The van der Waals surface area contributed by atoms with Crippen molar-refractivity contribution >= 4 is 10.8 Å². The molecule has 0 fully saturated rings. The summed E-state index contributed by atoms with van der Waals surface area (Å²) in [4.78, 5) is 0. The Morgan fingerprint density at radius 2 is 1.04 bits per heavy atom. The van der Waals surface area contributed by atoms with Crippen molar-refractivity contribution in [3.05, 3.63) is 96.1 Å². The molecule has 0 N–H and O–H groups in total. The van der Waals surface area contributed by atoms with Crippen molar-refractivity contribution in [2.24, 2.45) is 0 Å². The van der Waals surface area contributed by atoms with Gasteiger partial charge in [0.05, 0.1) is 0 Å². The van der Waals surface area contributed by atoms with Crippen LogP contribution < -0.4 is 0 Å². The third-order valence-electron chi connectivity index (χ3n) is 4.63. The largest absolute Gasteiger partial charge is 0.0683 e. The number of rotatable bonds is 2. The molecule has 0 aromatic heterocycles. The molecule has 0 aliphatic carbocycles. The standard InChI is InChI=1S/C24H20.C2H6/c1-17-7-11-20(12-8-17)23-16-15-19-5-3-4-6-22(19)24(23)21-13-9-18(2)10-14-21;1-2/h3-16H,1-2H3;1-2H3. The Bertz CT molecular complexity index is 990. The van der Waals surface area contributed by atoms with Gasteiger partial charge in [-0.25, -0.2) is 0 Å². The molecule has 0 spiro atoms. The maximum absolute atomic E-state index is 2.25. The second-order valence-corrected chi connectivity index (χ2v) is 6.44. The predicted molar refractivity (Wildman–Crippen MR) is 116 cm³/mol. The van der Waals surface area contributed by atoms with E-state index in [0.717, 1.165) is 0 Å². The van der Waals surface area contributed by atoms with Crippen LogP contribution in [-0.2, 0) is 0 Å². The van der Waals surface area contributed by atoms with E-state index in [1.807, 2.05) is 13.8 Å². The van der Waals surface area contributed by atoms with Crippen LogP contribution in [0.3, 0.4) is 0 Å². The lowest BCUT2D eigenvalue weighted by atomic mass is 9.89. The molecule has 4 aromatic rings. The Hall–Kier alpha value is -2.86. The van der Waals surface area contributed by atoms with Crippen LogP contribution in [0.25, 0.3) is 33.0 Å². The normalized spacial score (nSPS) is 10.3. The van der Waals surface area contributed by atoms with Crippen molar-refractivity contribution in [3.63, 3.8) is 0 Å². The average Bonchev–Trinajstić information content (AvgIpc) is 2.70. The summed E-state index contributed by atoms with van der Waals surface area (Å²) in [5.41, 5.74) is 7.72. The van der Waals surface area contributed by atoms with Crippen LogP contribution in [-0.4, -0.2) is 0 Å². The van der Waals surface area contributed by atoms with E-state index in [1.165, 1.54) is 44.2 Å². The first-order valence-corrected chi connectivity index (χ1v) is 9.38. The lowest BCUT2D eigenvalue weighted by molar-refractivity contribution is 1.46. The highest BCUT2D eigenvalue weighted by Crippen LogP contribution is 2.38. The summed E-state index contributed by atoms with van der Waals surface area (Å²) in [6, 6.07) is 30.8. The van der Waals surface area contributed by atoms with E-state index in [0.29, 0.717) is 0 Å². The number of fused-ring (bicyclic) bond motifs is 1. The predicted octanol–water partition coefficient (Wildman–Crippen LogP) is 7.82. The van der Waals surface area contributed by atoms with Crippen molar-refractivity contribution in [2.75, 3.05) is 0 Å². The molecule has 0 unspecified atom stereocenters. The van der Waals surface area contributed by atoms with Gasteiger partial charge >= 0.3 is 0 Å². The maximum Gasteiger partial charge on any atom is -0.00268 e. The van der Waals surface area contributed by atoms with Gasteiger partial charge in [0.25, 0.3) is 0 Å². The average molecular weight is 338 g/mol. The lowest BCUT2D eigenvalue weighted by Gasteiger charge is -2.14. The fourth-order valence-corrected chi connectivity index (χ4v) is 3.28. The number of benzene rings is 4. The van der Waals surface area contributed by atoms with Gasteiger partial charge in [0.2, 0.25) is 0 Å². The molecular formula is C26H26. The number of aryl methyl sites for hydroxylation is 2. The minimum Gasteiger partial charge on any atom is -0.0683 e.